The SMILES string of the molecule is CCc1cc(NCC(C)(C)C(=O)OC)ccc1OC. The molecule has 0 radical (unpaired) electrons. The lowest BCUT2D eigenvalue weighted by Gasteiger charge is -2.22. The van der Waals surface area contributed by atoms with Gasteiger partial charge in [-0.15, -0.1) is 0 Å². The number of hydrogen-bond acceptors (Lipinski definition) is 4. The van der Waals surface area contributed by atoms with Crippen molar-refractivity contribution in [3.8, 4) is 5.75 Å². The molecule has 0 aliphatic rings. The minimum atomic E-state index is -0.555. The molecular weight excluding hydrogens is 242 g/mol. The molecule has 0 fully saturated rings. The van der Waals surface area contributed by atoms with Gasteiger partial charge >= 0.3 is 5.97 Å². The van der Waals surface area contributed by atoms with Crippen LogP contribution in [0.1, 0.15) is 26.3 Å². The predicted molar refractivity (Wildman–Crippen MR) is 76.7 cm³/mol. The lowest BCUT2D eigenvalue weighted by molar-refractivity contribution is -0.149. The lowest BCUT2D eigenvalue weighted by Crippen LogP contribution is -2.33. The topological polar surface area (TPSA) is 47.6 Å². The van der Waals surface area contributed by atoms with Gasteiger partial charge in [-0.2, -0.15) is 0 Å². The molecule has 0 unspecified atom stereocenters. The third kappa shape index (κ3) is 3.88. The van der Waals surface area contributed by atoms with Crippen LogP contribution in [-0.4, -0.2) is 26.7 Å². The molecule has 0 heterocycles. The average Bonchev–Trinajstić information content (AvgIpc) is 2.43. The Kier molecular flexibility index (Phi) is 5.21. The molecule has 0 atom stereocenters. The van der Waals surface area contributed by atoms with Gasteiger partial charge in [-0.25, -0.2) is 0 Å². The first-order valence-corrected chi connectivity index (χ1v) is 6.43. The molecule has 0 aliphatic heterocycles. The van der Waals surface area contributed by atoms with E-state index in [1.807, 2.05) is 32.0 Å². The van der Waals surface area contributed by atoms with Crippen molar-refractivity contribution in [3.63, 3.8) is 0 Å². The number of esters is 1. The highest BCUT2D eigenvalue weighted by atomic mass is 16.5. The Morgan fingerprint density at radius 3 is 2.53 bits per heavy atom. The molecule has 0 amide bonds. The lowest BCUT2D eigenvalue weighted by atomic mass is 9.93. The minimum Gasteiger partial charge on any atom is -0.496 e. The van der Waals surface area contributed by atoms with Crippen LogP contribution in [0.2, 0.25) is 0 Å². The Labute approximate surface area is 115 Å². The summed E-state index contributed by atoms with van der Waals surface area (Å²) >= 11 is 0. The van der Waals surface area contributed by atoms with Crippen molar-refractivity contribution in [2.75, 3.05) is 26.1 Å². The van der Waals surface area contributed by atoms with Gasteiger partial charge in [0.1, 0.15) is 5.75 Å². The number of aryl methyl sites for hydroxylation is 1. The quantitative estimate of drug-likeness (QED) is 0.803. The smallest absolute Gasteiger partial charge is 0.313 e. The summed E-state index contributed by atoms with van der Waals surface area (Å²) in [4.78, 5) is 11.6. The van der Waals surface area contributed by atoms with Gasteiger partial charge in [0.25, 0.3) is 0 Å². The van der Waals surface area contributed by atoms with Crippen molar-refractivity contribution < 1.29 is 14.3 Å². The van der Waals surface area contributed by atoms with E-state index in [2.05, 4.69) is 12.2 Å². The van der Waals surface area contributed by atoms with Crippen LogP contribution in [-0.2, 0) is 16.0 Å². The number of carbonyl (C=O) groups is 1. The number of methoxy groups -OCH3 is 2. The molecule has 0 spiro atoms. The first kappa shape index (κ1) is 15.3. The zero-order chi connectivity index (χ0) is 14.5. The molecule has 4 heteroatoms. The van der Waals surface area contributed by atoms with Crippen molar-refractivity contribution in [2.24, 2.45) is 5.41 Å². The number of ether oxygens (including phenoxy) is 2. The highest BCUT2D eigenvalue weighted by Crippen LogP contribution is 2.24. The number of benzene rings is 1. The van der Waals surface area contributed by atoms with Gasteiger partial charge in [-0.3, -0.25) is 4.79 Å². The van der Waals surface area contributed by atoms with Crippen molar-refractivity contribution in [3.05, 3.63) is 23.8 Å². The normalized spacial score (nSPS) is 11.0. The molecule has 0 saturated carbocycles. The van der Waals surface area contributed by atoms with Gasteiger partial charge in [-0.05, 0) is 44.0 Å². The van der Waals surface area contributed by atoms with Gasteiger partial charge < -0.3 is 14.8 Å². The zero-order valence-corrected chi connectivity index (χ0v) is 12.4. The summed E-state index contributed by atoms with van der Waals surface area (Å²) in [7, 11) is 3.08. The molecule has 0 aliphatic carbocycles. The highest BCUT2D eigenvalue weighted by molar-refractivity contribution is 5.76. The summed E-state index contributed by atoms with van der Waals surface area (Å²) in [6.45, 7) is 6.32. The summed E-state index contributed by atoms with van der Waals surface area (Å²) in [5, 5.41) is 3.27. The fraction of sp³-hybridized carbons (Fsp3) is 0.533. The molecule has 0 bridgehead atoms. The third-order valence-electron chi connectivity index (χ3n) is 3.13. The summed E-state index contributed by atoms with van der Waals surface area (Å²) in [5.41, 5.74) is 1.57. The van der Waals surface area contributed by atoms with E-state index in [4.69, 9.17) is 9.47 Å². The number of rotatable bonds is 6. The summed E-state index contributed by atoms with van der Waals surface area (Å²) in [5.74, 6) is 0.671. The standard InChI is InChI=1S/C15H23NO3/c1-6-11-9-12(7-8-13(11)18-4)16-10-15(2,3)14(17)19-5/h7-9,16H,6,10H2,1-5H3. The van der Waals surface area contributed by atoms with Crippen LogP contribution in [0.15, 0.2) is 18.2 Å². The van der Waals surface area contributed by atoms with Crippen molar-refractivity contribution in [1.82, 2.24) is 0 Å². The van der Waals surface area contributed by atoms with Crippen LogP contribution in [0.25, 0.3) is 0 Å². The van der Waals surface area contributed by atoms with E-state index >= 15 is 0 Å². The molecule has 1 N–H and O–H groups in total. The average molecular weight is 265 g/mol. The Morgan fingerprint density at radius 2 is 2.00 bits per heavy atom. The van der Waals surface area contributed by atoms with E-state index in [0.29, 0.717) is 6.54 Å². The summed E-state index contributed by atoms with van der Waals surface area (Å²) in [6, 6.07) is 5.93. The Balaban J connectivity index is 2.76. The second kappa shape index (κ2) is 6.45. The fourth-order valence-corrected chi connectivity index (χ4v) is 1.84. The van der Waals surface area contributed by atoms with Gasteiger partial charge in [-0.1, -0.05) is 6.92 Å². The van der Waals surface area contributed by atoms with Crippen molar-refractivity contribution in [1.29, 1.82) is 0 Å². The maximum atomic E-state index is 11.6. The van der Waals surface area contributed by atoms with Gasteiger partial charge in [0.2, 0.25) is 0 Å². The number of anilines is 1. The van der Waals surface area contributed by atoms with Crippen LogP contribution >= 0.6 is 0 Å². The Bertz CT molecular complexity index is 441. The van der Waals surface area contributed by atoms with Crippen LogP contribution < -0.4 is 10.1 Å². The van der Waals surface area contributed by atoms with Gasteiger partial charge in [0.15, 0.2) is 0 Å². The van der Waals surface area contributed by atoms with E-state index in [1.54, 1.807) is 7.11 Å². The Morgan fingerprint density at radius 1 is 1.32 bits per heavy atom. The number of nitrogens with one attached hydrogen (secondary N) is 1. The molecule has 106 valence electrons. The molecule has 4 nitrogen and oxygen atoms in total. The molecular formula is C15H23NO3. The van der Waals surface area contributed by atoms with E-state index < -0.39 is 5.41 Å². The van der Waals surface area contributed by atoms with E-state index in [9.17, 15) is 4.79 Å². The number of hydrogen-bond donors (Lipinski definition) is 1. The van der Waals surface area contributed by atoms with Crippen molar-refractivity contribution >= 4 is 11.7 Å². The zero-order valence-electron chi connectivity index (χ0n) is 12.4. The molecule has 1 rings (SSSR count). The van der Waals surface area contributed by atoms with Crippen molar-refractivity contribution in [2.45, 2.75) is 27.2 Å². The second-order valence-electron chi connectivity index (χ2n) is 5.11. The first-order chi connectivity index (χ1) is 8.94. The fourth-order valence-electron chi connectivity index (χ4n) is 1.84. The predicted octanol–water partition coefficient (Wildman–Crippen LogP) is 2.87. The molecule has 19 heavy (non-hydrogen) atoms. The molecule has 0 aromatic heterocycles. The van der Waals surface area contributed by atoms with Crippen LogP contribution in [0, 0.1) is 5.41 Å². The largest absolute Gasteiger partial charge is 0.496 e. The highest BCUT2D eigenvalue weighted by Gasteiger charge is 2.28. The minimum absolute atomic E-state index is 0.218. The van der Waals surface area contributed by atoms with Gasteiger partial charge in [0, 0.05) is 12.2 Å². The maximum Gasteiger partial charge on any atom is 0.313 e. The first-order valence-electron chi connectivity index (χ1n) is 6.43. The summed E-state index contributed by atoms with van der Waals surface area (Å²) < 4.78 is 10.1. The molecule has 0 saturated heterocycles. The maximum absolute atomic E-state index is 11.6. The molecule has 1 aromatic rings. The third-order valence-corrected chi connectivity index (χ3v) is 3.13. The Hall–Kier alpha value is -1.71. The van der Waals surface area contributed by atoms with E-state index in [-0.39, 0.29) is 5.97 Å². The van der Waals surface area contributed by atoms with Crippen LogP contribution in [0.5, 0.6) is 5.75 Å². The second-order valence-corrected chi connectivity index (χ2v) is 5.11. The van der Waals surface area contributed by atoms with Crippen LogP contribution in [0.4, 0.5) is 5.69 Å². The monoisotopic (exact) mass is 265 g/mol. The van der Waals surface area contributed by atoms with Gasteiger partial charge in [0.05, 0.1) is 19.6 Å². The van der Waals surface area contributed by atoms with Crippen LogP contribution in [0.3, 0.4) is 0 Å². The number of carbonyl (C=O) groups excluding carboxylic acids is 1. The summed E-state index contributed by atoms with van der Waals surface area (Å²) in [6.07, 6.45) is 0.902. The van der Waals surface area contributed by atoms with E-state index in [1.165, 1.54) is 7.11 Å². The molecule has 1 aromatic carbocycles. The van der Waals surface area contributed by atoms with E-state index in [0.717, 1.165) is 23.4 Å².